The number of nitrogens with one attached hydrogen (secondary N) is 1. The number of benzene rings is 2. The molecule has 2 aromatic carbocycles. The molecular formula is C19H17NO4. The highest BCUT2D eigenvalue weighted by molar-refractivity contribution is 6.04. The lowest BCUT2D eigenvalue weighted by Gasteiger charge is -2.10. The second kappa shape index (κ2) is 6.91. The van der Waals surface area contributed by atoms with Gasteiger partial charge in [-0.05, 0) is 49.4 Å². The van der Waals surface area contributed by atoms with E-state index in [-0.39, 0.29) is 5.91 Å². The van der Waals surface area contributed by atoms with Crippen LogP contribution < -0.4 is 14.8 Å². The zero-order chi connectivity index (χ0) is 16.9. The Labute approximate surface area is 139 Å². The molecular weight excluding hydrogens is 306 g/mol. The molecule has 5 nitrogen and oxygen atoms in total. The molecule has 1 amide bonds. The predicted octanol–water partition coefficient (Wildman–Crippen LogP) is 4.64. The van der Waals surface area contributed by atoms with Crippen LogP contribution in [0.25, 0.3) is 0 Å². The molecule has 0 aliphatic carbocycles. The van der Waals surface area contributed by atoms with E-state index < -0.39 is 0 Å². The number of carbonyl (C=O) groups is 1. The Kier molecular flexibility index (Phi) is 4.52. The fourth-order valence-electron chi connectivity index (χ4n) is 2.26. The van der Waals surface area contributed by atoms with Gasteiger partial charge in [0.05, 0.1) is 18.9 Å². The van der Waals surface area contributed by atoms with E-state index in [1.807, 2.05) is 24.3 Å². The maximum atomic E-state index is 12.1. The smallest absolute Gasteiger partial charge is 0.259 e. The van der Waals surface area contributed by atoms with Crippen LogP contribution >= 0.6 is 0 Å². The number of aryl methyl sites for hydroxylation is 1. The Morgan fingerprint density at radius 2 is 1.71 bits per heavy atom. The molecule has 0 aliphatic heterocycles. The van der Waals surface area contributed by atoms with Crippen molar-refractivity contribution in [3.8, 4) is 17.2 Å². The summed E-state index contributed by atoms with van der Waals surface area (Å²) in [5.41, 5.74) is 1.19. The Bertz CT molecular complexity index is 837. The summed E-state index contributed by atoms with van der Waals surface area (Å²) in [6.07, 6.45) is 1.49. The first-order valence-corrected chi connectivity index (χ1v) is 7.44. The Hall–Kier alpha value is -3.21. The molecule has 0 fully saturated rings. The molecule has 0 saturated heterocycles. The van der Waals surface area contributed by atoms with E-state index in [1.54, 1.807) is 44.4 Å². The number of hydrogen-bond donors (Lipinski definition) is 1. The van der Waals surface area contributed by atoms with Crippen molar-refractivity contribution >= 4 is 11.6 Å². The topological polar surface area (TPSA) is 60.7 Å². The van der Waals surface area contributed by atoms with Gasteiger partial charge in [-0.1, -0.05) is 12.1 Å². The highest BCUT2D eigenvalue weighted by Crippen LogP contribution is 2.31. The normalized spacial score (nSPS) is 10.2. The van der Waals surface area contributed by atoms with Crippen molar-refractivity contribution in [3.05, 3.63) is 72.2 Å². The standard InChI is InChI=1S/C19H17NO4/c1-13-16(11-12-23-13)19(21)20-14-7-9-15(10-8-14)24-18-6-4-3-5-17(18)22-2/h3-12H,1-2H3,(H,20,21). The summed E-state index contributed by atoms with van der Waals surface area (Å²) in [6, 6.07) is 16.2. The number of methoxy groups -OCH3 is 1. The first kappa shape index (κ1) is 15.7. The minimum atomic E-state index is -0.209. The van der Waals surface area contributed by atoms with Crippen LogP contribution in [0.5, 0.6) is 17.2 Å². The summed E-state index contributed by atoms with van der Waals surface area (Å²) < 4.78 is 16.2. The molecule has 0 spiro atoms. The maximum absolute atomic E-state index is 12.1. The Balaban J connectivity index is 1.69. The van der Waals surface area contributed by atoms with Crippen molar-refractivity contribution < 1.29 is 18.7 Å². The van der Waals surface area contributed by atoms with E-state index in [1.165, 1.54) is 6.26 Å². The minimum Gasteiger partial charge on any atom is -0.493 e. The van der Waals surface area contributed by atoms with Crippen LogP contribution in [0.15, 0.2) is 65.3 Å². The first-order valence-electron chi connectivity index (χ1n) is 7.44. The van der Waals surface area contributed by atoms with Crippen LogP contribution in [-0.4, -0.2) is 13.0 Å². The molecule has 0 radical (unpaired) electrons. The number of carbonyl (C=O) groups excluding carboxylic acids is 1. The van der Waals surface area contributed by atoms with Gasteiger partial charge in [-0.15, -0.1) is 0 Å². The molecule has 3 aromatic rings. The van der Waals surface area contributed by atoms with Crippen LogP contribution in [0.1, 0.15) is 16.1 Å². The molecule has 0 aliphatic rings. The van der Waals surface area contributed by atoms with Gasteiger partial charge in [0.15, 0.2) is 11.5 Å². The average Bonchev–Trinajstić information content (AvgIpc) is 3.03. The average molecular weight is 323 g/mol. The fourth-order valence-corrected chi connectivity index (χ4v) is 2.26. The lowest BCUT2D eigenvalue weighted by atomic mass is 10.2. The van der Waals surface area contributed by atoms with Crippen molar-refractivity contribution in [1.29, 1.82) is 0 Å². The largest absolute Gasteiger partial charge is 0.493 e. The first-order chi connectivity index (χ1) is 11.7. The van der Waals surface area contributed by atoms with Gasteiger partial charge in [-0.3, -0.25) is 4.79 Å². The van der Waals surface area contributed by atoms with Gasteiger partial charge < -0.3 is 19.2 Å². The number of para-hydroxylation sites is 2. The zero-order valence-corrected chi connectivity index (χ0v) is 13.4. The summed E-state index contributed by atoms with van der Waals surface area (Å²) in [5, 5.41) is 2.82. The molecule has 0 unspecified atom stereocenters. The van der Waals surface area contributed by atoms with Gasteiger partial charge in [-0.2, -0.15) is 0 Å². The fraction of sp³-hybridized carbons (Fsp3) is 0.105. The van der Waals surface area contributed by atoms with E-state index in [0.717, 1.165) is 0 Å². The Morgan fingerprint density at radius 1 is 1.00 bits per heavy atom. The van der Waals surface area contributed by atoms with Crippen LogP contribution in [0, 0.1) is 6.92 Å². The van der Waals surface area contributed by atoms with Crippen LogP contribution in [0.2, 0.25) is 0 Å². The molecule has 1 aromatic heterocycles. The van der Waals surface area contributed by atoms with Crippen LogP contribution in [-0.2, 0) is 0 Å². The van der Waals surface area contributed by atoms with Crippen LogP contribution in [0.3, 0.4) is 0 Å². The summed E-state index contributed by atoms with van der Waals surface area (Å²) in [6.45, 7) is 1.75. The molecule has 122 valence electrons. The molecule has 0 bridgehead atoms. The van der Waals surface area contributed by atoms with Gasteiger partial charge in [0.25, 0.3) is 5.91 Å². The van der Waals surface area contributed by atoms with E-state index in [2.05, 4.69) is 5.32 Å². The van der Waals surface area contributed by atoms with E-state index in [0.29, 0.717) is 34.3 Å². The third-order valence-corrected chi connectivity index (χ3v) is 3.51. The third-order valence-electron chi connectivity index (χ3n) is 3.51. The zero-order valence-electron chi connectivity index (χ0n) is 13.4. The van der Waals surface area contributed by atoms with Gasteiger partial charge in [0, 0.05) is 5.69 Å². The SMILES string of the molecule is COc1ccccc1Oc1ccc(NC(=O)c2ccoc2C)cc1. The molecule has 0 atom stereocenters. The quantitative estimate of drug-likeness (QED) is 0.743. The molecule has 24 heavy (non-hydrogen) atoms. The van der Waals surface area contributed by atoms with Crippen molar-refractivity contribution in [2.24, 2.45) is 0 Å². The number of hydrogen-bond acceptors (Lipinski definition) is 4. The van der Waals surface area contributed by atoms with Gasteiger partial charge in [0.1, 0.15) is 11.5 Å². The second-order valence-electron chi connectivity index (χ2n) is 5.12. The molecule has 0 saturated carbocycles. The number of anilines is 1. The van der Waals surface area contributed by atoms with E-state index >= 15 is 0 Å². The molecule has 3 rings (SSSR count). The van der Waals surface area contributed by atoms with Gasteiger partial charge in [-0.25, -0.2) is 0 Å². The van der Waals surface area contributed by atoms with Gasteiger partial charge >= 0.3 is 0 Å². The molecule has 1 heterocycles. The summed E-state index contributed by atoms with van der Waals surface area (Å²) in [5.74, 6) is 2.32. The highest BCUT2D eigenvalue weighted by atomic mass is 16.5. The van der Waals surface area contributed by atoms with Gasteiger partial charge in [0.2, 0.25) is 0 Å². The monoisotopic (exact) mass is 323 g/mol. The van der Waals surface area contributed by atoms with Crippen molar-refractivity contribution in [1.82, 2.24) is 0 Å². The van der Waals surface area contributed by atoms with E-state index in [4.69, 9.17) is 13.9 Å². The van der Waals surface area contributed by atoms with Crippen molar-refractivity contribution in [2.75, 3.05) is 12.4 Å². The lowest BCUT2D eigenvalue weighted by molar-refractivity contribution is 0.102. The van der Waals surface area contributed by atoms with Crippen LogP contribution in [0.4, 0.5) is 5.69 Å². The lowest BCUT2D eigenvalue weighted by Crippen LogP contribution is -2.11. The number of amides is 1. The maximum Gasteiger partial charge on any atom is 0.259 e. The highest BCUT2D eigenvalue weighted by Gasteiger charge is 2.11. The molecule has 1 N–H and O–H groups in total. The second-order valence-corrected chi connectivity index (χ2v) is 5.12. The van der Waals surface area contributed by atoms with E-state index in [9.17, 15) is 4.79 Å². The number of furan rings is 1. The van der Waals surface area contributed by atoms with Crippen molar-refractivity contribution in [3.63, 3.8) is 0 Å². The minimum absolute atomic E-state index is 0.209. The summed E-state index contributed by atoms with van der Waals surface area (Å²) >= 11 is 0. The summed E-state index contributed by atoms with van der Waals surface area (Å²) in [7, 11) is 1.60. The number of ether oxygens (including phenoxy) is 2. The number of rotatable bonds is 5. The third kappa shape index (κ3) is 3.41. The predicted molar refractivity (Wildman–Crippen MR) is 90.9 cm³/mol. The summed E-state index contributed by atoms with van der Waals surface area (Å²) in [4.78, 5) is 12.1. The van der Waals surface area contributed by atoms with Crippen molar-refractivity contribution in [2.45, 2.75) is 6.92 Å². The molecule has 5 heteroatoms. The Morgan fingerprint density at radius 3 is 2.33 bits per heavy atom.